The van der Waals surface area contributed by atoms with E-state index in [1.54, 1.807) is 0 Å². The fraction of sp³-hybridized carbons (Fsp3) is 0. The molecule has 0 unspecified atom stereocenters. The van der Waals surface area contributed by atoms with Gasteiger partial charge in [0.15, 0.2) is 0 Å². The third-order valence-electron chi connectivity index (χ3n) is 0. The van der Waals surface area contributed by atoms with Gasteiger partial charge in [-0.15, -0.1) is 0 Å². The van der Waals surface area contributed by atoms with E-state index in [-0.39, 0.29) is 131 Å². The first-order valence-corrected chi connectivity index (χ1v) is 0. The summed E-state index contributed by atoms with van der Waals surface area (Å²) in [5.41, 5.74) is 0. The third-order valence-corrected chi connectivity index (χ3v) is 0. The molecule has 0 saturated heterocycles. The first kappa shape index (κ1) is 34.2. The molecule has 0 aliphatic carbocycles. The number of hydrogen-bond donors (Lipinski definition) is 0. The average Bonchev–Trinajstić information content (AvgIpc) is 0. The van der Waals surface area contributed by atoms with Gasteiger partial charge in [0.2, 0.25) is 0 Å². The van der Waals surface area contributed by atoms with Gasteiger partial charge in [0.05, 0.1) is 0 Å². The van der Waals surface area contributed by atoms with Crippen molar-refractivity contribution < 1.29 is 0 Å². The van der Waals surface area contributed by atoms with Crippen LogP contribution in [0.25, 0.3) is 0 Å². The summed E-state index contributed by atoms with van der Waals surface area (Å²) < 4.78 is 0. The molecule has 5 heavy (non-hydrogen) atoms. The Labute approximate surface area is 128 Å². The third kappa shape index (κ3) is 17.8. The van der Waals surface area contributed by atoms with Crippen molar-refractivity contribution in [1.29, 1.82) is 0 Å². The van der Waals surface area contributed by atoms with Crippen LogP contribution in [-0.4, -0.2) is 131 Å². The maximum absolute atomic E-state index is 0. The molecule has 0 aliphatic rings. The molecule has 0 saturated carbocycles. The van der Waals surface area contributed by atoms with Gasteiger partial charge >= 0.3 is 131 Å². The van der Waals surface area contributed by atoms with Gasteiger partial charge in [-0.25, -0.2) is 0 Å². The minimum absolute atomic E-state index is 0. The van der Waals surface area contributed by atoms with Crippen LogP contribution in [0.5, 0.6) is 0 Å². The SMILES string of the molecule is [BiH3].[BiH3].[BiH3].[BiH3].[BiH3]. The number of rotatable bonds is 0. The Balaban J connectivity index is 0. The number of hydrogen-bond acceptors (Lipinski definition) is 0. The quantitative estimate of drug-likeness (QED) is 0.213. The zero-order valence-electron chi connectivity index (χ0n) is 3.54. The second kappa shape index (κ2) is 23.7. The predicted molar refractivity (Wildman–Crippen MR) is 49.7 cm³/mol. The summed E-state index contributed by atoms with van der Waals surface area (Å²) in [4.78, 5) is 0. The molecule has 40 valence electrons. The van der Waals surface area contributed by atoms with E-state index < -0.39 is 0 Å². The Bertz CT molecular complexity index is 0. The van der Waals surface area contributed by atoms with Crippen molar-refractivity contribution >= 4 is 131 Å². The molecule has 0 rings (SSSR count). The van der Waals surface area contributed by atoms with Gasteiger partial charge in [-0.1, -0.05) is 0 Å². The van der Waals surface area contributed by atoms with Crippen molar-refractivity contribution in [3.8, 4) is 0 Å². The minimum atomic E-state index is 0. The molecule has 0 aromatic rings. The van der Waals surface area contributed by atoms with E-state index in [0.717, 1.165) is 0 Å². The Morgan fingerprint density at radius 1 is 0.200 bits per heavy atom. The topological polar surface area (TPSA) is 0 Å². The van der Waals surface area contributed by atoms with E-state index >= 15 is 0 Å². The van der Waals surface area contributed by atoms with Gasteiger partial charge in [-0.2, -0.15) is 0 Å². The molecule has 0 spiro atoms. The summed E-state index contributed by atoms with van der Waals surface area (Å²) in [5.74, 6) is 0. The van der Waals surface area contributed by atoms with Gasteiger partial charge in [0.25, 0.3) is 0 Å². The van der Waals surface area contributed by atoms with Crippen molar-refractivity contribution in [2.75, 3.05) is 0 Å². The van der Waals surface area contributed by atoms with Crippen LogP contribution < -0.4 is 0 Å². The van der Waals surface area contributed by atoms with Crippen LogP contribution in [0.4, 0.5) is 0 Å². The fourth-order valence-corrected chi connectivity index (χ4v) is 0. The summed E-state index contributed by atoms with van der Waals surface area (Å²) in [6.45, 7) is 0. The summed E-state index contributed by atoms with van der Waals surface area (Å²) in [6.07, 6.45) is 0. The van der Waals surface area contributed by atoms with Gasteiger partial charge in [0, 0.05) is 0 Å². The maximum atomic E-state index is 0. The molecular formula is H15Bi5. The molecule has 0 N–H and O–H groups in total. The molecule has 0 nitrogen and oxygen atoms in total. The Morgan fingerprint density at radius 3 is 0.200 bits per heavy atom. The van der Waals surface area contributed by atoms with Gasteiger partial charge in [0.1, 0.15) is 0 Å². The Morgan fingerprint density at radius 2 is 0.200 bits per heavy atom. The zero-order chi connectivity index (χ0) is 0. The molecule has 0 aliphatic heterocycles. The zero-order valence-corrected chi connectivity index (χ0v) is 31.0. The molecular weight excluding hydrogens is 1040 g/mol. The molecule has 0 atom stereocenters. The van der Waals surface area contributed by atoms with Crippen molar-refractivity contribution in [3.05, 3.63) is 0 Å². The van der Waals surface area contributed by atoms with Crippen LogP contribution in [0.15, 0.2) is 0 Å². The van der Waals surface area contributed by atoms with Crippen molar-refractivity contribution in [2.24, 2.45) is 0 Å². The molecule has 0 amide bonds. The second-order valence-corrected chi connectivity index (χ2v) is 0. The second-order valence-electron chi connectivity index (χ2n) is 0. The summed E-state index contributed by atoms with van der Waals surface area (Å²) >= 11 is 0. The molecule has 0 bridgehead atoms. The van der Waals surface area contributed by atoms with E-state index in [4.69, 9.17) is 0 Å². The van der Waals surface area contributed by atoms with E-state index in [9.17, 15) is 0 Å². The average molecular weight is 1060 g/mol. The van der Waals surface area contributed by atoms with E-state index in [1.165, 1.54) is 0 Å². The van der Waals surface area contributed by atoms with Gasteiger partial charge in [-0.3, -0.25) is 0 Å². The van der Waals surface area contributed by atoms with Crippen LogP contribution in [0.2, 0.25) is 0 Å². The fourth-order valence-electron chi connectivity index (χ4n) is 0. The molecule has 0 heterocycles. The van der Waals surface area contributed by atoms with Gasteiger partial charge < -0.3 is 0 Å². The molecule has 0 fully saturated rings. The van der Waals surface area contributed by atoms with Crippen molar-refractivity contribution in [2.45, 2.75) is 0 Å². The van der Waals surface area contributed by atoms with Crippen molar-refractivity contribution in [3.63, 3.8) is 0 Å². The van der Waals surface area contributed by atoms with Crippen molar-refractivity contribution in [1.82, 2.24) is 0 Å². The van der Waals surface area contributed by atoms with E-state index in [0.29, 0.717) is 0 Å². The summed E-state index contributed by atoms with van der Waals surface area (Å²) in [6, 6.07) is 0. The van der Waals surface area contributed by atoms with Crippen LogP contribution in [0.1, 0.15) is 0 Å². The first-order valence-electron chi connectivity index (χ1n) is 0. The van der Waals surface area contributed by atoms with Crippen LogP contribution in [-0.2, 0) is 0 Å². The Hall–Kier alpha value is 4.42. The van der Waals surface area contributed by atoms with Crippen LogP contribution in [0.3, 0.4) is 0 Å². The van der Waals surface area contributed by atoms with Crippen LogP contribution in [0, 0.1) is 0 Å². The first-order chi connectivity index (χ1) is 0. The van der Waals surface area contributed by atoms with E-state index in [2.05, 4.69) is 0 Å². The normalized spacial score (nSPS) is 0. The standard InChI is InChI=1S/5Bi.15H. The summed E-state index contributed by atoms with van der Waals surface area (Å²) in [5, 5.41) is 0. The summed E-state index contributed by atoms with van der Waals surface area (Å²) in [7, 11) is 0. The Kier molecular flexibility index (Phi) is 162. The monoisotopic (exact) mass is 1060 g/mol. The van der Waals surface area contributed by atoms with Crippen LogP contribution >= 0.6 is 0 Å². The molecule has 5 heteroatoms. The van der Waals surface area contributed by atoms with E-state index in [1.807, 2.05) is 0 Å². The predicted octanol–water partition coefficient (Wildman–Crippen LogP) is -5.92. The molecule has 0 radical (unpaired) electrons. The molecule has 0 aromatic carbocycles. The van der Waals surface area contributed by atoms with Gasteiger partial charge in [-0.05, 0) is 0 Å². The molecule has 0 aromatic heterocycles.